The summed E-state index contributed by atoms with van der Waals surface area (Å²) < 4.78 is 0. The van der Waals surface area contributed by atoms with E-state index >= 15 is 0 Å². The fraction of sp³-hybridized carbons (Fsp3) is 0.895. The minimum atomic E-state index is -0.905. The lowest BCUT2D eigenvalue weighted by Gasteiger charge is -2.31. The first-order valence-electron chi connectivity index (χ1n) is 9.65. The normalized spacial score (nSPS) is 18.4. The zero-order valence-corrected chi connectivity index (χ0v) is 14.9. The standard InChI is InChI=1S/C19H35NO3/c1-2-3-4-5-6-7-8-9-10-11-13-17-14-12-15-20(19(17)23)16-18(21)22/h17H,2-16H2,1H3,(H,21,22). The Morgan fingerprint density at radius 1 is 1.04 bits per heavy atom. The maximum Gasteiger partial charge on any atom is 0.323 e. The van der Waals surface area contributed by atoms with E-state index in [9.17, 15) is 9.59 Å². The van der Waals surface area contributed by atoms with Crippen molar-refractivity contribution in [3.63, 3.8) is 0 Å². The Hall–Kier alpha value is -1.06. The van der Waals surface area contributed by atoms with Crippen molar-refractivity contribution < 1.29 is 14.7 Å². The Balaban J connectivity index is 2.02. The predicted molar refractivity (Wildman–Crippen MR) is 93.4 cm³/mol. The van der Waals surface area contributed by atoms with Gasteiger partial charge in [-0.15, -0.1) is 0 Å². The van der Waals surface area contributed by atoms with Gasteiger partial charge in [-0.1, -0.05) is 71.1 Å². The summed E-state index contributed by atoms with van der Waals surface area (Å²) in [6.07, 6.45) is 15.9. The van der Waals surface area contributed by atoms with Gasteiger partial charge < -0.3 is 10.0 Å². The predicted octanol–water partition coefficient (Wildman–Crippen LogP) is 4.62. The topological polar surface area (TPSA) is 57.6 Å². The lowest BCUT2D eigenvalue weighted by Crippen LogP contribution is -2.43. The first-order chi connectivity index (χ1) is 11.1. The number of hydrogen-bond acceptors (Lipinski definition) is 2. The molecule has 1 heterocycles. The molecule has 0 radical (unpaired) electrons. The van der Waals surface area contributed by atoms with Crippen LogP contribution in [0.3, 0.4) is 0 Å². The molecule has 1 fully saturated rings. The monoisotopic (exact) mass is 325 g/mol. The molecule has 1 unspecified atom stereocenters. The number of piperidine rings is 1. The Bertz CT molecular complexity index is 344. The van der Waals surface area contributed by atoms with Crippen LogP contribution in [0.25, 0.3) is 0 Å². The van der Waals surface area contributed by atoms with Crippen LogP contribution in [0.2, 0.25) is 0 Å². The molecule has 0 aliphatic carbocycles. The van der Waals surface area contributed by atoms with E-state index in [-0.39, 0.29) is 18.4 Å². The summed E-state index contributed by atoms with van der Waals surface area (Å²) >= 11 is 0. The van der Waals surface area contributed by atoms with E-state index in [1.807, 2.05) is 0 Å². The second-order valence-electron chi connectivity index (χ2n) is 6.96. The quantitative estimate of drug-likeness (QED) is 0.503. The fourth-order valence-electron chi connectivity index (χ4n) is 3.49. The van der Waals surface area contributed by atoms with E-state index in [2.05, 4.69) is 6.92 Å². The number of rotatable bonds is 13. The minimum Gasteiger partial charge on any atom is -0.480 e. The van der Waals surface area contributed by atoms with Crippen molar-refractivity contribution in [2.75, 3.05) is 13.1 Å². The Morgan fingerprint density at radius 2 is 1.61 bits per heavy atom. The van der Waals surface area contributed by atoms with Gasteiger partial charge in [0.1, 0.15) is 6.54 Å². The molecule has 1 aliphatic rings. The lowest BCUT2D eigenvalue weighted by atomic mass is 9.91. The maximum absolute atomic E-state index is 12.2. The zero-order valence-electron chi connectivity index (χ0n) is 14.9. The van der Waals surface area contributed by atoms with Gasteiger partial charge in [-0.25, -0.2) is 0 Å². The Labute approximate surface area is 141 Å². The third-order valence-corrected chi connectivity index (χ3v) is 4.87. The molecular weight excluding hydrogens is 290 g/mol. The van der Waals surface area contributed by atoms with Gasteiger partial charge in [0, 0.05) is 12.5 Å². The number of amides is 1. The number of carboxylic acid groups (broad SMARTS) is 1. The molecule has 0 spiro atoms. The Morgan fingerprint density at radius 3 is 2.17 bits per heavy atom. The highest BCUT2D eigenvalue weighted by atomic mass is 16.4. The summed E-state index contributed by atoms with van der Waals surface area (Å²) in [6, 6.07) is 0. The third-order valence-electron chi connectivity index (χ3n) is 4.87. The van der Waals surface area contributed by atoms with Crippen LogP contribution in [-0.4, -0.2) is 35.0 Å². The molecule has 0 aromatic carbocycles. The summed E-state index contributed by atoms with van der Waals surface area (Å²) in [5, 5.41) is 8.84. The van der Waals surface area contributed by atoms with E-state index < -0.39 is 5.97 Å². The highest BCUT2D eigenvalue weighted by molar-refractivity contribution is 5.83. The smallest absolute Gasteiger partial charge is 0.323 e. The van der Waals surface area contributed by atoms with Crippen LogP contribution in [0.15, 0.2) is 0 Å². The number of likely N-dealkylation sites (tertiary alicyclic amines) is 1. The van der Waals surface area contributed by atoms with Gasteiger partial charge in [0.15, 0.2) is 0 Å². The van der Waals surface area contributed by atoms with Crippen molar-refractivity contribution in [1.82, 2.24) is 4.90 Å². The number of aliphatic carboxylic acids is 1. The van der Waals surface area contributed by atoms with Gasteiger partial charge in [0.05, 0.1) is 0 Å². The van der Waals surface area contributed by atoms with Gasteiger partial charge in [0.25, 0.3) is 0 Å². The van der Waals surface area contributed by atoms with Crippen LogP contribution in [0, 0.1) is 5.92 Å². The van der Waals surface area contributed by atoms with Gasteiger partial charge in [-0.3, -0.25) is 9.59 Å². The van der Waals surface area contributed by atoms with Gasteiger partial charge in [-0.2, -0.15) is 0 Å². The average Bonchev–Trinajstić information content (AvgIpc) is 2.52. The highest BCUT2D eigenvalue weighted by Crippen LogP contribution is 2.23. The summed E-state index contributed by atoms with van der Waals surface area (Å²) in [5.41, 5.74) is 0. The molecule has 1 saturated heterocycles. The number of carbonyl (C=O) groups excluding carboxylic acids is 1. The number of carbonyl (C=O) groups is 2. The largest absolute Gasteiger partial charge is 0.480 e. The van der Waals surface area contributed by atoms with E-state index in [1.54, 1.807) is 0 Å². The van der Waals surface area contributed by atoms with Crippen molar-refractivity contribution in [3.05, 3.63) is 0 Å². The van der Waals surface area contributed by atoms with Crippen molar-refractivity contribution in [2.45, 2.75) is 90.4 Å². The van der Waals surface area contributed by atoms with E-state index in [0.717, 1.165) is 25.7 Å². The molecule has 0 saturated carbocycles. The number of nitrogens with zero attached hydrogens (tertiary/aromatic N) is 1. The van der Waals surface area contributed by atoms with E-state index in [1.165, 1.54) is 62.7 Å². The number of unbranched alkanes of at least 4 members (excludes halogenated alkanes) is 9. The number of carboxylic acids is 1. The van der Waals surface area contributed by atoms with Crippen LogP contribution in [0.4, 0.5) is 0 Å². The molecule has 23 heavy (non-hydrogen) atoms. The molecule has 1 amide bonds. The first kappa shape index (κ1) is 20.0. The lowest BCUT2D eigenvalue weighted by molar-refractivity contribution is -0.148. The molecule has 1 rings (SSSR count). The molecule has 0 aromatic rings. The van der Waals surface area contributed by atoms with Crippen LogP contribution in [0.5, 0.6) is 0 Å². The molecular formula is C19H35NO3. The molecule has 1 aliphatic heterocycles. The molecule has 134 valence electrons. The average molecular weight is 325 g/mol. The molecule has 4 nitrogen and oxygen atoms in total. The van der Waals surface area contributed by atoms with Crippen LogP contribution < -0.4 is 0 Å². The SMILES string of the molecule is CCCCCCCCCCCCC1CCCN(CC(=O)O)C1=O. The second kappa shape index (κ2) is 12.4. The van der Waals surface area contributed by atoms with Gasteiger partial charge >= 0.3 is 5.97 Å². The Kier molecular flexibility index (Phi) is 10.8. The zero-order chi connectivity index (χ0) is 16.9. The number of hydrogen-bond donors (Lipinski definition) is 1. The minimum absolute atomic E-state index is 0.0644. The third kappa shape index (κ3) is 8.97. The summed E-state index contributed by atoms with van der Waals surface area (Å²) in [6.45, 7) is 2.73. The van der Waals surface area contributed by atoms with Crippen LogP contribution >= 0.6 is 0 Å². The summed E-state index contributed by atoms with van der Waals surface area (Å²) in [4.78, 5) is 24.5. The van der Waals surface area contributed by atoms with Crippen LogP contribution in [0.1, 0.15) is 90.4 Å². The molecule has 1 N–H and O–H groups in total. The van der Waals surface area contributed by atoms with Crippen molar-refractivity contribution in [1.29, 1.82) is 0 Å². The van der Waals surface area contributed by atoms with E-state index in [0.29, 0.717) is 6.54 Å². The van der Waals surface area contributed by atoms with Crippen molar-refractivity contribution >= 4 is 11.9 Å². The first-order valence-corrected chi connectivity index (χ1v) is 9.65. The maximum atomic E-state index is 12.2. The van der Waals surface area contributed by atoms with Crippen LogP contribution in [-0.2, 0) is 9.59 Å². The molecule has 4 heteroatoms. The van der Waals surface area contributed by atoms with Crippen molar-refractivity contribution in [3.8, 4) is 0 Å². The summed E-state index contributed by atoms with van der Waals surface area (Å²) in [7, 11) is 0. The van der Waals surface area contributed by atoms with Crippen molar-refractivity contribution in [2.24, 2.45) is 5.92 Å². The second-order valence-corrected chi connectivity index (χ2v) is 6.96. The highest BCUT2D eigenvalue weighted by Gasteiger charge is 2.29. The van der Waals surface area contributed by atoms with Gasteiger partial charge in [0.2, 0.25) is 5.91 Å². The molecule has 0 bridgehead atoms. The molecule has 1 atom stereocenters. The van der Waals surface area contributed by atoms with Gasteiger partial charge in [-0.05, 0) is 19.3 Å². The molecule has 0 aromatic heterocycles. The fourth-order valence-corrected chi connectivity index (χ4v) is 3.49. The summed E-state index contributed by atoms with van der Waals surface area (Å²) in [5.74, 6) is -0.773. The van der Waals surface area contributed by atoms with E-state index in [4.69, 9.17) is 5.11 Å².